The van der Waals surface area contributed by atoms with E-state index in [-0.39, 0.29) is 6.04 Å². The van der Waals surface area contributed by atoms with Crippen molar-refractivity contribution in [2.75, 3.05) is 20.8 Å². The molecule has 31 heavy (non-hydrogen) atoms. The van der Waals surface area contributed by atoms with Gasteiger partial charge in [-0.25, -0.2) is 4.98 Å². The van der Waals surface area contributed by atoms with Gasteiger partial charge in [0.05, 0.1) is 26.0 Å². The van der Waals surface area contributed by atoms with E-state index >= 15 is 0 Å². The summed E-state index contributed by atoms with van der Waals surface area (Å²) in [6, 6.07) is 19.3. The molecule has 5 nitrogen and oxygen atoms in total. The van der Waals surface area contributed by atoms with E-state index in [1.54, 1.807) is 14.2 Å². The summed E-state index contributed by atoms with van der Waals surface area (Å²) in [7, 11) is 3.39. The molecule has 1 aliphatic heterocycles. The van der Waals surface area contributed by atoms with Gasteiger partial charge in [0.1, 0.15) is 5.65 Å². The average Bonchev–Trinajstić information content (AvgIpc) is 3.19. The van der Waals surface area contributed by atoms with Crippen molar-refractivity contribution in [1.82, 2.24) is 14.3 Å². The molecule has 158 valence electrons. The number of aromatic nitrogens is 2. The molecule has 1 atom stereocenters. The molecular weight excluding hydrogens is 386 g/mol. The van der Waals surface area contributed by atoms with Gasteiger partial charge in [-0.3, -0.25) is 4.90 Å². The van der Waals surface area contributed by atoms with Crippen LogP contribution in [0.4, 0.5) is 0 Å². The molecule has 5 rings (SSSR count). The third-order valence-electron chi connectivity index (χ3n) is 6.10. The molecule has 1 aliphatic rings. The number of imidazole rings is 1. The fourth-order valence-corrected chi connectivity index (χ4v) is 4.63. The molecule has 1 unspecified atom stereocenters. The van der Waals surface area contributed by atoms with Crippen LogP contribution in [0.1, 0.15) is 34.0 Å². The van der Waals surface area contributed by atoms with Crippen molar-refractivity contribution in [3.8, 4) is 11.5 Å². The monoisotopic (exact) mass is 413 g/mol. The van der Waals surface area contributed by atoms with Gasteiger partial charge >= 0.3 is 0 Å². The summed E-state index contributed by atoms with van der Waals surface area (Å²) < 4.78 is 13.3. The molecule has 0 bridgehead atoms. The van der Waals surface area contributed by atoms with Gasteiger partial charge < -0.3 is 13.9 Å². The standard InChI is InChI=1S/C26H27N3O2/c1-18-9-10-25-27-21(17-29(25)15-18)16-28-12-11-20-13-23(30-2)24(31-3)14-22(20)26(28)19-7-5-4-6-8-19/h4-10,13-15,17,26H,11-12,16H2,1-3H3. The SMILES string of the molecule is COc1cc2c(cc1OC)C(c1ccccc1)N(Cc1cn3cc(C)ccc3n1)CC2. The molecule has 5 heteroatoms. The number of hydrogen-bond acceptors (Lipinski definition) is 4. The van der Waals surface area contributed by atoms with Gasteiger partial charge in [0.15, 0.2) is 11.5 Å². The number of aryl methyl sites for hydroxylation is 1. The second-order valence-corrected chi connectivity index (χ2v) is 8.14. The number of hydrogen-bond donors (Lipinski definition) is 0. The molecule has 0 radical (unpaired) electrons. The highest BCUT2D eigenvalue weighted by molar-refractivity contribution is 5.51. The number of fused-ring (bicyclic) bond motifs is 2. The lowest BCUT2D eigenvalue weighted by Gasteiger charge is -2.37. The Labute approximate surface area is 182 Å². The summed E-state index contributed by atoms with van der Waals surface area (Å²) in [6.07, 6.45) is 5.24. The van der Waals surface area contributed by atoms with E-state index in [1.807, 2.05) is 0 Å². The van der Waals surface area contributed by atoms with Crippen molar-refractivity contribution >= 4 is 5.65 Å². The third kappa shape index (κ3) is 3.66. The first-order chi connectivity index (χ1) is 15.2. The molecule has 0 amide bonds. The molecule has 3 heterocycles. The minimum Gasteiger partial charge on any atom is -0.493 e. The van der Waals surface area contributed by atoms with Gasteiger partial charge in [0.2, 0.25) is 0 Å². The second-order valence-electron chi connectivity index (χ2n) is 8.14. The van der Waals surface area contributed by atoms with Crippen LogP contribution in [-0.4, -0.2) is 35.0 Å². The summed E-state index contributed by atoms with van der Waals surface area (Å²) in [5, 5.41) is 0. The van der Waals surface area contributed by atoms with Gasteiger partial charge in [0, 0.05) is 25.5 Å². The van der Waals surface area contributed by atoms with Crippen molar-refractivity contribution in [2.24, 2.45) is 0 Å². The number of benzene rings is 2. The fourth-order valence-electron chi connectivity index (χ4n) is 4.63. The van der Waals surface area contributed by atoms with Crippen molar-refractivity contribution in [2.45, 2.75) is 25.9 Å². The Morgan fingerprint density at radius 3 is 2.52 bits per heavy atom. The molecule has 0 spiro atoms. The molecule has 2 aromatic heterocycles. The quantitative estimate of drug-likeness (QED) is 0.471. The van der Waals surface area contributed by atoms with Crippen LogP contribution >= 0.6 is 0 Å². The first kappa shape index (κ1) is 19.6. The van der Waals surface area contributed by atoms with E-state index in [4.69, 9.17) is 14.5 Å². The molecule has 2 aromatic carbocycles. The van der Waals surface area contributed by atoms with Gasteiger partial charge in [-0.15, -0.1) is 0 Å². The van der Waals surface area contributed by atoms with Crippen molar-refractivity contribution in [1.29, 1.82) is 0 Å². The number of pyridine rings is 1. The van der Waals surface area contributed by atoms with Crippen molar-refractivity contribution in [3.05, 3.63) is 94.9 Å². The average molecular weight is 414 g/mol. The first-order valence-electron chi connectivity index (χ1n) is 10.6. The van der Waals surface area contributed by atoms with Crippen molar-refractivity contribution in [3.63, 3.8) is 0 Å². The normalized spacial score (nSPS) is 16.3. The zero-order valence-electron chi connectivity index (χ0n) is 18.2. The van der Waals surface area contributed by atoms with Gasteiger partial charge in [-0.2, -0.15) is 0 Å². The second kappa shape index (κ2) is 8.08. The maximum atomic E-state index is 5.63. The van der Waals surface area contributed by atoms with E-state index in [9.17, 15) is 0 Å². The van der Waals surface area contributed by atoms with E-state index in [1.165, 1.54) is 22.3 Å². The molecule has 0 saturated heterocycles. The molecule has 0 N–H and O–H groups in total. The molecule has 4 aromatic rings. The van der Waals surface area contributed by atoms with Crippen LogP contribution < -0.4 is 9.47 Å². The molecular formula is C26H27N3O2. The Balaban J connectivity index is 1.56. The van der Waals surface area contributed by atoms with Gasteiger partial charge in [0.25, 0.3) is 0 Å². The summed E-state index contributed by atoms with van der Waals surface area (Å²) in [4.78, 5) is 7.38. The van der Waals surface area contributed by atoms with E-state index in [2.05, 4.69) is 83.2 Å². The van der Waals surface area contributed by atoms with Crippen molar-refractivity contribution < 1.29 is 9.47 Å². The topological polar surface area (TPSA) is 39.0 Å². The highest BCUT2D eigenvalue weighted by atomic mass is 16.5. The zero-order chi connectivity index (χ0) is 21.4. The summed E-state index contributed by atoms with van der Waals surface area (Å²) in [5.41, 5.74) is 7.15. The van der Waals surface area contributed by atoms with Gasteiger partial charge in [-0.1, -0.05) is 36.4 Å². The van der Waals surface area contributed by atoms with E-state index in [0.29, 0.717) is 0 Å². The summed E-state index contributed by atoms with van der Waals surface area (Å²) >= 11 is 0. The Hall–Kier alpha value is -3.31. The van der Waals surface area contributed by atoms with Crippen LogP contribution in [-0.2, 0) is 13.0 Å². The number of rotatable bonds is 5. The summed E-state index contributed by atoms with van der Waals surface area (Å²) in [6.45, 7) is 3.84. The smallest absolute Gasteiger partial charge is 0.161 e. The summed E-state index contributed by atoms with van der Waals surface area (Å²) in [5.74, 6) is 1.56. The predicted octanol–water partition coefficient (Wildman–Crippen LogP) is 4.81. The van der Waals surface area contributed by atoms with Gasteiger partial charge in [-0.05, 0) is 53.8 Å². The Morgan fingerprint density at radius 1 is 0.968 bits per heavy atom. The minimum atomic E-state index is 0.135. The Kier molecular flexibility index (Phi) is 5.12. The van der Waals surface area contributed by atoms with E-state index in [0.717, 1.165) is 42.4 Å². The highest BCUT2D eigenvalue weighted by Gasteiger charge is 2.30. The Bertz CT molecular complexity index is 1220. The largest absolute Gasteiger partial charge is 0.493 e. The zero-order valence-corrected chi connectivity index (χ0v) is 18.2. The molecule has 0 saturated carbocycles. The van der Waals surface area contributed by atoms with E-state index < -0.39 is 0 Å². The maximum absolute atomic E-state index is 5.63. The highest BCUT2D eigenvalue weighted by Crippen LogP contribution is 2.41. The van der Waals surface area contributed by atoms with Crippen LogP contribution in [0.3, 0.4) is 0 Å². The first-order valence-corrected chi connectivity index (χ1v) is 10.6. The van der Waals surface area contributed by atoms with Crippen LogP contribution in [0.15, 0.2) is 67.0 Å². The van der Waals surface area contributed by atoms with Crippen LogP contribution in [0.2, 0.25) is 0 Å². The minimum absolute atomic E-state index is 0.135. The Morgan fingerprint density at radius 2 is 1.74 bits per heavy atom. The number of methoxy groups -OCH3 is 2. The predicted molar refractivity (Wildman–Crippen MR) is 122 cm³/mol. The maximum Gasteiger partial charge on any atom is 0.161 e. The fraction of sp³-hybridized carbons (Fsp3) is 0.269. The molecule has 0 aliphatic carbocycles. The molecule has 0 fully saturated rings. The lowest BCUT2D eigenvalue weighted by molar-refractivity contribution is 0.201. The number of ether oxygens (including phenoxy) is 2. The number of nitrogens with zero attached hydrogens (tertiary/aromatic N) is 3. The lowest BCUT2D eigenvalue weighted by atomic mass is 9.87. The lowest BCUT2D eigenvalue weighted by Crippen LogP contribution is -2.35. The van der Waals surface area contributed by atoms with Crippen LogP contribution in [0.5, 0.6) is 11.5 Å². The van der Waals surface area contributed by atoms with Crippen LogP contribution in [0.25, 0.3) is 5.65 Å². The van der Waals surface area contributed by atoms with Crippen LogP contribution in [0, 0.1) is 6.92 Å². The third-order valence-corrected chi connectivity index (χ3v) is 6.10.